The maximum atomic E-state index is 12.0. The molecule has 1 saturated heterocycles. The summed E-state index contributed by atoms with van der Waals surface area (Å²) in [6.07, 6.45) is 4.49. The molecule has 0 saturated carbocycles. The van der Waals surface area contributed by atoms with E-state index in [1.807, 2.05) is 37.7 Å². The van der Waals surface area contributed by atoms with E-state index in [-0.39, 0.29) is 6.09 Å². The van der Waals surface area contributed by atoms with Crippen molar-refractivity contribution in [3.05, 3.63) is 18.5 Å². The van der Waals surface area contributed by atoms with E-state index in [1.54, 1.807) is 11.1 Å². The molecule has 0 radical (unpaired) electrons. The van der Waals surface area contributed by atoms with Crippen molar-refractivity contribution in [2.75, 3.05) is 13.1 Å². The highest BCUT2D eigenvalue weighted by molar-refractivity contribution is 5.68. The van der Waals surface area contributed by atoms with Crippen molar-refractivity contribution in [3.63, 3.8) is 0 Å². The minimum atomic E-state index is -0.435. The third-order valence-corrected chi connectivity index (χ3v) is 3.38. The number of amides is 1. The number of rotatable bonds is 4. The Kier molecular flexibility index (Phi) is 4.88. The molecule has 0 aromatic carbocycles. The fourth-order valence-corrected chi connectivity index (χ4v) is 2.53. The molecule has 1 aromatic heterocycles. The van der Waals surface area contributed by atoms with Crippen LogP contribution in [-0.2, 0) is 11.3 Å². The molecule has 0 aliphatic carbocycles. The van der Waals surface area contributed by atoms with E-state index in [2.05, 4.69) is 17.3 Å². The van der Waals surface area contributed by atoms with Crippen LogP contribution in [0.4, 0.5) is 4.79 Å². The van der Waals surface area contributed by atoms with Crippen LogP contribution in [0.25, 0.3) is 0 Å². The van der Waals surface area contributed by atoms with Gasteiger partial charge in [-0.25, -0.2) is 4.79 Å². The maximum absolute atomic E-state index is 12.0. The van der Waals surface area contributed by atoms with Gasteiger partial charge >= 0.3 is 6.09 Å². The molecule has 6 heteroatoms. The van der Waals surface area contributed by atoms with Crippen molar-refractivity contribution in [2.45, 2.75) is 58.3 Å². The van der Waals surface area contributed by atoms with Gasteiger partial charge in [0.1, 0.15) is 5.60 Å². The van der Waals surface area contributed by atoms with Crippen LogP contribution < -0.4 is 5.32 Å². The van der Waals surface area contributed by atoms with Crippen LogP contribution >= 0.6 is 0 Å². The zero-order chi connectivity index (χ0) is 15.5. The molecule has 1 aliphatic heterocycles. The number of ether oxygens (including phenoxy) is 1. The number of likely N-dealkylation sites (tertiary alicyclic amines) is 1. The Bertz CT molecular complexity index is 453. The average Bonchev–Trinajstić information content (AvgIpc) is 2.98. The van der Waals surface area contributed by atoms with Gasteiger partial charge in [0.2, 0.25) is 0 Å². The van der Waals surface area contributed by atoms with Crippen molar-refractivity contribution >= 4 is 6.09 Å². The van der Waals surface area contributed by atoms with E-state index in [9.17, 15) is 4.79 Å². The standard InChI is InChI=1S/C15H26N4O2/c1-12(10-19-8-5-7-16-19)17-13-6-9-18(11-13)14(20)21-15(2,3)4/h5,7-8,12-13,17H,6,9-11H2,1-4H3. The molecular weight excluding hydrogens is 268 g/mol. The van der Waals surface area contributed by atoms with E-state index >= 15 is 0 Å². The number of hydrogen-bond donors (Lipinski definition) is 1. The lowest BCUT2D eigenvalue weighted by atomic mass is 10.2. The summed E-state index contributed by atoms with van der Waals surface area (Å²) in [4.78, 5) is 13.8. The van der Waals surface area contributed by atoms with Crippen LogP contribution in [0.3, 0.4) is 0 Å². The van der Waals surface area contributed by atoms with Gasteiger partial charge in [0.15, 0.2) is 0 Å². The van der Waals surface area contributed by atoms with E-state index < -0.39 is 5.60 Å². The van der Waals surface area contributed by atoms with Gasteiger partial charge in [0.05, 0.1) is 6.54 Å². The Morgan fingerprint density at radius 1 is 1.52 bits per heavy atom. The topological polar surface area (TPSA) is 59.4 Å². The Hall–Kier alpha value is -1.56. The molecule has 0 spiro atoms. The van der Waals surface area contributed by atoms with Gasteiger partial charge in [-0.15, -0.1) is 0 Å². The average molecular weight is 294 g/mol. The van der Waals surface area contributed by atoms with Gasteiger partial charge < -0.3 is 15.0 Å². The molecular formula is C15H26N4O2. The first kappa shape index (κ1) is 15.8. The lowest BCUT2D eigenvalue weighted by Crippen LogP contribution is -2.42. The van der Waals surface area contributed by atoms with Crippen molar-refractivity contribution in [1.82, 2.24) is 20.0 Å². The van der Waals surface area contributed by atoms with E-state index in [4.69, 9.17) is 4.74 Å². The van der Waals surface area contributed by atoms with Crippen LogP contribution in [0.1, 0.15) is 34.1 Å². The van der Waals surface area contributed by atoms with Crippen molar-refractivity contribution in [3.8, 4) is 0 Å². The maximum Gasteiger partial charge on any atom is 0.410 e. The molecule has 1 fully saturated rings. The molecule has 2 heterocycles. The summed E-state index contributed by atoms with van der Waals surface area (Å²) in [5.74, 6) is 0. The molecule has 1 N–H and O–H groups in total. The zero-order valence-corrected chi connectivity index (χ0v) is 13.4. The first-order chi connectivity index (χ1) is 9.83. The smallest absolute Gasteiger partial charge is 0.410 e. The van der Waals surface area contributed by atoms with Gasteiger partial charge in [-0.3, -0.25) is 4.68 Å². The third kappa shape index (κ3) is 5.04. The monoisotopic (exact) mass is 294 g/mol. The van der Waals surface area contributed by atoms with Crippen LogP contribution in [0.15, 0.2) is 18.5 Å². The summed E-state index contributed by atoms with van der Waals surface area (Å²) in [6, 6.07) is 2.56. The minimum Gasteiger partial charge on any atom is -0.444 e. The number of hydrogen-bond acceptors (Lipinski definition) is 4. The first-order valence-corrected chi connectivity index (χ1v) is 7.55. The molecule has 2 atom stereocenters. The molecule has 1 aromatic rings. The highest BCUT2D eigenvalue weighted by Gasteiger charge is 2.30. The third-order valence-electron chi connectivity index (χ3n) is 3.38. The lowest BCUT2D eigenvalue weighted by molar-refractivity contribution is 0.0290. The van der Waals surface area contributed by atoms with Gasteiger partial charge in [-0.2, -0.15) is 5.10 Å². The predicted molar refractivity (Wildman–Crippen MR) is 81.0 cm³/mol. The van der Waals surface area contributed by atoms with Crippen molar-refractivity contribution in [1.29, 1.82) is 0 Å². The highest BCUT2D eigenvalue weighted by atomic mass is 16.6. The number of carbonyl (C=O) groups is 1. The molecule has 21 heavy (non-hydrogen) atoms. The van der Waals surface area contributed by atoms with E-state index in [0.29, 0.717) is 18.6 Å². The summed E-state index contributed by atoms with van der Waals surface area (Å²) < 4.78 is 7.32. The summed E-state index contributed by atoms with van der Waals surface area (Å²) in [5.41, 5.74) is -0.435. The molecule has 0 bridgehead atoms. The van der Waals surface area contributed by atoms with Crippen LogP contribution in [0.2, 0.25) is 0 Å². The SMILES string of the molecule is CC(Cn1cccn1)NC1CCN(C(=O)OC(C)(C)C)C1. The van der Waals surface area contributed by atoms with Crippen molar-refractivity contribution in [2.24, 2.45) is 0 Å². The fourth-order valence-electron chi connectivity index (χ4n) is 2.53. The van der Waals surface area contributed by atoms with Gasteiger partial charge in [-0.05, 0) is 40.2 Å². The Morgan fingerprint density at radius 3 is 2.90 bits per heavy atom. The molecule has 118 valence electrons. The van der Waals surface area contributed by atoms with E-state index in [1.165, 1.54) is 0 Å². The highest BCUT2D eigenvalue weighted by Crippen LogP contribution is 2.15. The number of carbonyl (C=O) groups excluding carboxylic acids is 1. The zero-order valence-electron chi connectivity index (χ0n) is 13.4. The molecule has 2 rings (SSSR count). The fraction of sp³-hybridized carbons (Fsp3) is 0.733. The summed E-state index contributed by atoms with van der Waals surface area (Å²) in [6.45, 7) is 10.1. The second-order valence-corrected chi connectivity index (χ2v) is 6.71. The first-order valence-electron chi connectivity index (χ1n) is 7.55. The van der Waals surface area contributed by atoms with Crippen LogP contribution in [0, 0.1) is 0 Å². The van der Waals surface area contributed by atoms with Gasteiger partial charge in [-0.1, -0.05) is 0 Å². The Labute approximate surface area is 126 Å². The Balaban J connectivity index is 1.76. The van der Waals surface area contributed by atoms with Crippen molar-refractivity contribution < 1.29 is 9.53 Å². The molecule has 1 amide bonds. The molecule has 1 aliphatic rings. The second kappa shape index (κ2) is 6.47. The predicted octanol–water partition coefficient (Wildman–Crippen LogP) is 1.87. The summed E-state index contributed by atoms with van der Waals surface area (Å²) >= 11 is 0. The molecule has 2 unspecified atom stereocenters. The van der Waals surface area contributed by atoms with Crippen LogP contribution in [-0.4, -0.2) is 51.5 Å². The number of nitrogens with one attached hydrogen (secondary N) is 1. The summed E-state index contributed by atoms with van der Waals surface area (Å²) in [5, 5.41) is 7.76. The second-order valence-electron chi connectivity index (χ2n) is 6.71. The van der Waals surface area contributed by atoms with E-state index in [0.717, 1.165) is 19.5 Å². The number of nitrogens with zero attached hydrogens (tertiary/aromatic N) is 3. The van der Waals surface area contributed by atoms with Gasteiger partial charge in [0, 0.05) is 37.6 Å². The lowest BCUT2D eigenvalue weighted by Gasteiger charge is -2.25. The quantitative estimate of drug-likeness (QED) is 0.921. The minimum absolute atomic E-state index is 0.216. The molecule has 6 nitrogen and oxygen atoms in total. The van der Waals surface area contributed by atoms with Crippen LogP contribution in [0.5, 0.6) is 0 Å². The normalized spacial score (nSPS) is 20.6. The number of aromatic nitrogens is 2. The van der Waals surface area contributed by atoms with Gasteiger partial charge in [0.25, 0.3) is 0 Å². The largest absolute Gasteiger partial charge is 0.444 e. The summed E-state index contributed by atoms with van der Waals surface area (Å²) in [7, 11) is 0. The Morgan fingerprint density at radius 2 is 2.29 bits per heavy atom.